The molecule has 1 unspecified atom stereocenters. The number of ether oxygens (including phenoxy) is 1. The lowest BCUT2D eigenvalue weighted by molar-refractivity contribution is 0.377. The van der Waals surface area contributed by atoms with E-state index in [1.807, 2.05) is 0 Å². The van der Waals surface area contributed by atoms with Crippen molar-refractivity contribution in [2.75, 3.05) is 12.5 Å². The van der Waals surface area contributed by atoms with Gasteiger partial charge < -0.3 is 4.74 Å². The molecule has 1 atom stereocenters. The second kappa shape index (κ2) is 6.88. The van der Waals surface area contributed by atoms with Gasteiger partial charge in [-0.1, -0.05) is 6.08 Å². The van der Waals surface area contributed by atoms with Gasteiger partial charge in [0, 0.05) is 0 Å². The molecule has 11 heteroatoms. The first-order valence-corrected chi connectivity index (χ1v) is 8.11. The van der Waals surface area contributed by atoms with Gasteiger partial charge in [-0.3, -0.25) is 5.43 Å². The molecule has 1 aliphatic carbocycles. The molecule has 0 spiro atoms. The van der Waals surface area contributed by atoms with Crippen molar-refractivity contribution in [3.8, 4) is 6.01 Å². The van der Waals surface area contributed by atoms with Crippen molar-refractivity contribution in [3.63, 3.8) is 0 Å². The van der Waals surface area contributed by atoms with Gasteiger partial charge in [-0.25, -0.2) is 13.2 Å². The number of aryl methyl sites for hydroxylation is 1. The van der Waals surface area contributed by atoms with E-state index in [1.165, 1.54) is 25.3 Å². The van der Waals surface area contributed by atoms with Crippen molar-refractivity contribution in [2.24, 2.45) is 0 Å². The van der Waals surface area contributed by atoms with Gasteiger partial charge in [0.1, 0.15) is 17.1 Å². The predicted molar refractivity (Wildman–Crippen MR) is 82.9 cm³/mol. The van der Waals surface area contributed by atoms with Gasteiger partial charge in [-0.15, -0.1) is 16.4 Å². The molecule has 2 rings (SSSR count). The van der Waals surface area contributed by atoms with E-state index in [9.17, 15) is 13.2 Å². The van der Waals surface area contributed by atoms with Crippen LogP contribution in [0.3, 0.4) is 0 Å². The topological polar surface area (TPSA) is 123 Å². The summed E-state index contributed by atoms with van der Waals surface area (Å²) in [5.74, 6) is 1.88. The van der Waals surface area contributed by atoms with Gasteiger partial charge in [-0.05, 0) is 19.1 Å². The number of rotatable bonds is 5. The number of nitrogens with zero attached hydrogens (tertiary/aromatic N) is 3. The maximum Gasteiger partial charge on any atom is 0.321 e. The molecule has 0 fully saturated rings. The molecule has 0 saturated carbocycles. The summed E-state index contributed by atoms with van der Waals surface area (Å²) in [6.07, 6.45) is 4.06. The molecule has 1 aromatic rings. The minimum absolute atomic E-state index is 0.0206. The van der Waals surface area contributed by atoms with Crippen LogP contribution in [0.1, 0.15) is 5.82 Å². The van der Waals surface area contributed by atoms with Crippen LogP contribution in [0, 0.1) is 6.92 Å². The van der Waals surface area contributed by atoms with Gasteiger partial charge in [0.05, 0.1) is 17.6 Å². The first-order valence-electron chi connectivity index (χ1n) is 6.19. The summed E-state index contributed by atoms with van der Waals surface area (Å²) in [5, 5.41) is -1.13. The molecule has 0 radical (unpaired) electrons. The third-order valence-electron chi connectivity index (χ3n) is 2.69. The average molecular weight is 358 g/mol. The number of hydrazine groups is 1. The van der Waals surface area contributed by atoms with E-state index in [-0.39, 0.29) is 22.4 Å². The number of alkyl halides is 1. The second-order valence-corrected chi connectivity index (χ2v) is 6.39. The van der Waals surface area contributed by atoms with Gasteiger partial charge in [0.2, 0.25) is 5.95 Å². The highest BCUT2D eigenvalue weighted by atomic mass is 35.5. The number of aromatic nitrogens is 3. The van der Waals surface area contributed by atoms with Crippen LogP contribution in [0.15, 0.2) is 28.7 Å². The average Bonchev–Trinajstić information content (AvgIpc) is 2.52. The monoisotopic (exact) mass is 357 g/mol. The first kappa shape index (κ1) is 17.1. The molecule has 1 aromatic heterocycles. The number of halogens is 1. The van der Waals surface area contributed by atoms with Gasteiger partial charge in [0.15, 0.2) is 0 Å². The number of nitrogens with one attached hydrogen (secondary N) is 2. The van der Waals surface area contributed by atoms with Gasteiger partial charge in [-0.2, -0.15) is 15.0 Å². The number of carbonyl (C=O) groups excluding carboxylic acids is 1. The zero-order valence-electron chi connectivity index (χ0n) is 12.1. The Morgan fingerprint density at radius 1 is 1.35 bits per heavy atom. The third kappa shape index (κ3) is 3.93. The molecule has 0 amide bonds. The summed E-state index contributed by atoms with van der Waals surface area (Å²) in [6, 6.07) is 0.0282. The molecule has 0 bridgehead atoms. The molecule has 0 aliphatic heterocycles. The fraction of sp³-hybridized carbons (Fsp3) is 0.250. The Hall–Kier alpha value is -2.26. The number of methoxy groups -OCH3 is 1. The summed E-state index contributed by atoms with van der Waals surface area (Å²) < 4.78 is 29.4. The van der Waals surface area contributed by atoms with Crippen LogP contribution in [-0.2, 0) is 14.8 Å². The lowest BCUT2D eigenvalue weighted by atomic mass is 10.1. The first-order chi connectivity index (χ1) is 10.9. The largest absolute Gasteiger partial charge is 0.467 e. The van der Waals surface area contributed by atoms with Crippen LogP contribution in [0.5, 0.6) is 6.01 Å². The summed E-state index contributed by atoms with van der Waals surface area (Å²) in [7, 11) is -2.66. The molecule has 0 saturated heterocycles. The standard InChI is InChI=1S/C12H12ClN5O4S/c1-7-14-11(16-12(15-7)22-2)17-18-23(20,21)9-5-3-4-8(6-19)10(9)13/h3-5,10,18H,1-2H3,(H,14,15,16,17). The molecule has 0 aromatic carbocycles. The summed E-state index contributed by atoms with van der Waals surface area (Å²) >= 11 is 5.96. The third-order valence-corrected chi connectivity index (χ3v) is 4.66. The van der Waals surface area contributed by atoms with Crippen molar-refractivity contribution < 1.29 is 17.9 Å². The Bertz CT molecular complexity index is 830. The van der Waals surface area contributed by atoms with Crippen LogP contribution in [0.2, 0.25) is 0 Å². The van der Waals surface area contributed by atoms with Gasteiger partial charge in [0.25, 0.3) is 10.0 Å². The van der Waals surface area contributed by atoms with Crippen LogP contribution in [-0.4, -0.2) is 41.8 Å². The Morgan fingerprint density at radius 3 is 2.74 bits per heavy atom. The summed E-state index contributed by atoms with van der Waals surface area (Å²) in [5.41, 5.74) is 2.36. The zero-order valence-corrected chi connectivity index (χ0v) is 13.6. The fourth-order valence-corrected chi connectivity index (χ4v) is 3.20. The van der Waals surface area contributed by atoms with Crippen LogP contribution in [0.25, 0.3) is 0 Å². The maximum absolute atomic E-state index is 12.3. The minimum Gasteiger partial charge on any atom is -0.467 e. The smallest absolute Gasteiger partial charge is 0.321 e. The Balaban J connectivity index is 2.20. The Morgan fingerprint density at radius 2 is 2.09 bits per heavy atom. The van der Waals surface area contributed by atoms with Crippen molar-refractivity contribution in [2.45, 2.75) is 12.3 Å². The summed E-state index contributed by atoms with van der Waals surface area (Å²) in [4.78, 5) is 24.2. The lowest BCUT2D eigenvalue weighted by Gasteiger charge is -2.17. The van der Waals surface area contributed by atoms with Crippen LogP contribution < -0.4 is 15.0 Å². The van der Waals surface area contributed by atoms with E-state index in [1.54, 1.807) is 12.9 Å². The highest BCUT2D eigenvalue weighted by Gasteiger charge is 2.29. The van der Waals surface area contributed by atoms with Crippen LogP contribution in [0.4, 0.5) is 5.95 Å². The number of hydrogen-bond donors (Lipinski definition) is 2. The maximum atomic E-state index is 12.3. The molecular formula is C12H12ClN5O4S. The SMILES string of the molecule is COc1nc(C)nc(NNS(=O)(=O)C2=CC=CC(=C=O)C2Cl)n1. The summed E-state index contributed by atoms with van der Waals surface area (Å²) in [6.45, 7) is 1.59. The number of hydrogen-bond acceptors (Lipinski definition) is 8. The van der Waals surface area contributed by atoms with E-state index in [2.05, 4.69) is 25.2 Å². The van der Waals surface area contributed by atoms with E-state index >= 15 is 0 Å². The zero-order chi connectivity index (χ0) is 17.0. The Labute approximate surface area is 137 Å². The molecule has 9 nitrogen and oxygen atoms in total. The quantitative estimate of drug-likeness (QED) is 0.437. The molecule has 122 valence electrons. The number of anilines is 1. The molecule has 1 aliphatic rings. The highest BCUT2D eigenvalue weighted by Crippen LogP contribution is 2.26. The van der Waals surface area contributed by atoms with Crippen molar-refractivity contribution >= 4 is 33.5 Å². The van der Waals surface area contributed by atoms with Gasteiger partial charge >= 0.3 is 6.01 Å². The Kier molecular flexibility index (Phi) is 5.12. The fourth-order valence-electron chi connectivity index (χ4n) is 1.66. The molecule has 2 N–H and O–H groups in total. The molecule has 1 heterocycles. The van der Waals surface area contributed by atoms with Crippen LogP contribution >= 0.6 is 11.6 Å². The van der Waals surface area contributed by atoms with E-state index in [0.717, 1.165) is 0 Å². The molecule has 23 heavy (non-hydrogen) atoms. The minimum atomic E-state index is -4.03. The van der Waals surface area contributed by atoms with Crippen molar-refractivity contribution in [1.29, 1.82) is 0 Å². The van der Waals surface area contributed by atoms with E-state index < -0.39 is 15.4 Å². The predicted octanol–water partition coefficient (Wildman–Crippen LogP) is 0.254. The van der Waals surface area contributed by atoms with Crippen molar-refractivity contribution in [3.05, 3.63) is 34.5 Å². The normalized spacial score (nSPS) is 17.4. The number of sulfonamides is 1. The van der Waals surface area contributed by atoms with Crippen molar-refractivity contribution in [1.82, 2.24) is 19.8 Å². The van der Waals surface area contributed by atoms with E-state index in [4.69, 9.17) is 16.3 Å². The second-order valence-electron chi connectivity index (χ2n) is 4.27. The van der Waals surface area contributed by atoms with E-state index in [0.29, 0.717) is 5.82 Å². The number of allylic oxidation sites excluding steroid dienone is 5. The highest BCUT2D eigenvalue weighted by molar-refractivity contribution is 7.93. The molecular weight excluding hydrogens is 346 g/mol. The lowest BCUT2D eigenvalue weighted by Crippen LogP contribution is -2.34.